The molecule has 0 unspecified atom stereocenters. The number of amides is 1. The molecule has 1 fully saturated rings. The van der Waals surface area contributed by atoms with Gasteiger partial charge in [-0.15, -0.1) is 23.1 Å². The summed E-state index contributed by atoms with van der Waals surface area (Å²) in [5.41, 5.74) is 2.15. The van der Waals surface area contributed by atoms with E-state index in [4.69, 9.17) is 5.41 Å². The van der Waals surface area contributed by atoms with Crippen molar-refractivity contribution < 1.29 is 4.79 Å². The Morgan fingerprint density at radius 3 is 2.87 bits per heavy atom. The number of anilines is 2. The predicted molar refractivity (Wildman–Crippen MR) is 133 cm³/mol. The zero-order chi connectivity index (χ0) is 21.6. The molecule has 1 aromatic heterocycles. The van der Waals surface area contributed by atoms with Crippen LogP contribution in [0.5, 0.6) is 0 Å². The van der Waals surface area contributed by atoms with Crippen molar-refractivity contribution in [1.29, 1.82) is 5.41 Å². The molecule has 4 rings (SSSR count). The fourth-order valence-electron chi connectivity index (χ4n) is 4.50. The first kappa shape index (κ1) is 22.2. The van der Waals surface area contributed by atoms with E-state index >= 15 is 0 Å². The topological polar surface area (TPSA) is 59.4 Å². The molecule has 1 saturated carbocycles. The number of nitrogens with one attached hydrogen (secondary N) is 2. The Morgan fingerprint density at radius 1 is 1.29 bits per heavy atom. The van der Waals surface area contributed by atoms with Gasteiger partial charge in [0.25, 0.3) is 0 Å². The van der Waals surface area contributed by atoms with Gasteiger partial charge >= 0.3 is 0 Å². The SMILES string of the molecule is CCN(CCN1CCSc2ccc(NC(=N)c3cccs3)cc21)C(=O)CC1CCCC1. The molecule has 2 aliphatic rings. The van der Waals surface area contributed by atoms with Gasteiger partial charge in [-0.25, -0.2) is 0 Å². The number of carbonyl (C=O) groups excluding carboxylic acids is 1. The van der Waals surface area contributed by atoms with Gasteiger partial charge in [0, 0.05) is 48.9 Å². The minimum absolute atomic E-state index is 0.320. The molecule has 166 valence electrons. The molecule has 0 atom stereocenters. The highest BCUT2D eigenvalue weighted by Gasteiger charge is 2.23. The summed E-state index contributed by atoms with van der Waals surface area (Å²) in [4.78, 5) is 19.5. The third-order valence-electron chi connectivity index (χ3n) is 6.27. The van der Waals surface area contributed by atoms with Crippen LogP contribution in [0.4, 0.5) is 11.4 Å². The van der Waals surface area contributed by atoms with Gasteiger partial charge in [-0.3, -0.25) is 10.2 Å². The summed E-state index contributed by atoms with van der Waals surface area (Å²) in [6, 6.07) is 10.3. The van der Waals surface area contributed by atoms with Crippen LogP contribution in [0, 0.1) is 11.3 Å². The average Bonchev–Trinajstić information content (AvgIpc) is 3.49. The molecule has 7 heteroatoms. The number of amidine groups is 1. The van der Waals surface area contributed by atoms with Gasteiger partial charge in [0.05, 0.1) is 10.6 Å². The van der Waals surface area contributed by atoms with Crippen LogP contribution in [0.15, 0.2) is 40.6 Å². The first-order chi connectivity index (χ1) is 15.1. The largest absolute Gasteiger partial charge is 0.368 e. The Balaban J connectivity index is 1.39. The number of benzene rings is 1. The van der Waals surface area contributed by atoms with E-state index in [1.54, 1.807) is 11.3 Å². The Bertz CT molecular complexity index is 893. The molecule has 5 nitrogen and oxygen atoms in total. The normalized spacial score (nSPS) is 16.2. The van der Waals surface area contributed by atoms with Crippen molar-refractivity contribution in [2.45, 2.75) is 43.9 Å². The first-order valence-corrected chi connectivity index (χ1v) is 13.2. The molecule has 1 amide bonds. The summed E-state index contributed by atoms with van der Waals surface area (Å²) < 4.78 is 0. The first-order valence-electron chi connectivity index (χ1n) is 11.3. The van der Waals surface area contributed by atoms with Crippen LogP contribution in [-0.2, 0) is 4.79 Å². The molecule has 1 aliphatic heterocycles. The number of nitrogens with zero attached hydrogens (tertiary/aromatic N) is 2. The predicted octanol–water partition coefficient (Wildman–Crippen LogP) is 5.53. The monoisotopic (exact) mass is 456 g/mol. The lowest BCUT2D eigenvalue weighted by atomic mass is 10.0. The fourth-order valence-corrected chi connectivity index (χ4v) is 6.16. The van der Waals surface area contributed by atoms with Gasteiger partial charge in [0.2, 0.25) is 5.91 Å². The van der Waals surface area contributed by atoms with Crippen LogP contribution in [0.25, 0.3) is 0 Å². The molecule has 1 aromatic carbocycles. The van der Waals surface area contributed by atoms with E-state index in [0.717, 1.165) is 48.9 Å². The second-order valence-corrected chi connectivity index (χ2v) is 10.4. The summed E-state index contributed by atoms with van der Waals surface area (Å²) >= 11 is 3.45. The number of carbonyl (C=O) groups is 1. The molecule has 1 aliphatic carbocycles. The molecule has 2 N–H and O–H groups in total. The third-order valence-corrected chi connectivity index (χ3v) is 8.20. The lowest BCUT2D eigenvalue weighted by Gasteiger charge is -2.33. The van der Waals surface area contributed by atoms with Gasteiger partial charge in [0.15, 0.2) is 0 Å². The van der Waals surface area contributed by atoms with Crippen molar-refractivity contribution in [3.05, 3.63) is 40.6 Å². The Hall–Kier alpha value is -1.99. The Morgan fingerprint density at radius 2 is 2.13 bits per heavy atom. The maximum atomic E-state index is 12.8. The highest BCUT2D eigenvalue weighted by atomic mass is 32.2. The van der Waals surface area contributed by atoms with Gasteiger partial charge in [-0.1, -0.05) is 18.9 Å². The van der Waals surface area contributed by atoms with Gasteiger partial charge < -0.3 is 15.1 Å². The summed E-state index contributed by atoms with van der Waals surface area (Å²) in [5, 5.41) is 13.5. The van der Waals surface area contributed by atoms with Crippen LogP contribution >= 0.6 is 23.1 Å². The number of hydrogen-bond donors (Lipinski definition) is 2. The maximum Gasteiger partial charge on any atom is 0.222 e. The second kappa shape index (κ2) is 10.6. The van der Waals surface area contributed by atoms with E-state index < -0.39 is 0 Å². The van der Waals surface area contributed by atoms with E-state index in [0.29, 0.717) is 17.7 Å². The molecule has 0 bridgehead atoms. The summed E-state index contributed by atoms with van der Waals surface area (Å²) in [6.07, 6.45) is 5.73. The molecule has 31 heavy (non-hydrogen) atoms. The van der Waals surface area contributed by atoms with Gasteiger partial charge in [-0.05, 0) is 55.3 Å². The lowest BCUT2D eigenvalue weighted by molar-refractivity contribution is -0.131. The minimum atomic E-state index is 0.320. The number of rotatable bonds is 8. The fraction of sp³-hybridized carbons (Fsp3) is 0.500. The van der Waals surface area contributed by atoms with Gasteiger partial charge in [0.1, 0.15) is 5.84 Å². The van der Waals surface area contributed by atoms with E-state index in [1.807, 2.05) is 34.2 Å². The zero-order valence-corrected chi connectivity index (χ0v) is 19.9. The number of thioether (sulfide) groups is 1. The maximum absolute atomic E-state index is 12.8. The zero-order valence-electron chi connectivity index (χ0n) is 18.2. The molecule has 2 aromatic rings. The number of hydrogen-bond acceptors (Lipinski definition) is 5. The summed E-state index contributed by atoms with van der Waals surface area (Å²) in [5.74, 6) is 2.41. The standard InChI is InChI=1S/C24H32N4OS2/c1-2-27(23(29)16-18-6-3-4-7-18)11-12-28-13-15-31-21-10-9-19(17-20(21)28)26-24(25)22-8-5-14-30-22/h5,8-10,14,17-18H,2-4,6-7,11-13,15-16H2,1H3,(H2,25,26). The Kier molecular flexibility index (Phi) is 7.56. The third kappa shape index (κ3) is 5.63. The molecule has 0 saturated heterocycles. The van der Waals surface area contributed by atoms with Crippen LogP contribution in [0.1, 0.15) is 43.9 Å². The number of fused-ring (bicyclic) bond motifs is 1. The highest BCUT2D eigenvalue weighted by Crippen LogP contribution is 2.36. The highest BCUT2D eigenvalue weighted by molar-refractivity contribution is 7.99. The molecular weight excluding hydrogens is 424 g/mol. The van der Waals surface area contributed by atoms with Gasteiger partial charge in [-0.2, -0.15) is 0 Å². The van der Waals surface area contributed by atoms with E-state index in [9.17, 15) is 4.79 Å². The van der Waals surface area contributed by atoms with E-state index in [2.05, 4.69) is 35.3 Å². The van der Waals surface area contributed by atoms with Crippen molar-refractivity contribution in [1.82, 2.24) is 4.90 Å². The Labute approximate surface area is 193 Å². The molecule has 0 spiro atoms. The van der Waals surface area contributed by atoms with Crippen LogP contribution < -0.4 is 10.2 Å². The van der Waals surface area contributed by atoms with Crippen LogP contribution in [-0.4, -0.2) is 48.6 Å². The number of likely N-dealkylation sites (N-methyl/N-ethyl adjacent to an activating group) is 1. The average molecular weight is 457 g/mol. The second-order valence-electron chi connectivity index (χ2n) is 8.32. The number of thiophene rings is 1. The van der Waals surface area contributed by atoms with Crippen molar-refractivity contribution >= 4 is 46.2 Å². The molecule has 2 heterocycles. The smallest absolute Gasteiger partial charge is 0.222 e. The lowest BCUT2D eigenvalue weighted by Crippen LogP contribution is -2.40. The van der Waals surface area contributed by atoms with Crippen molar-refractivity contribution in [3.63, 3.8) is 0 Å². The van der Waals surface area contributed by atoms with Crippen molar-refractivity contribution in [2.75, 3.05) is 42.1 Å². The van der Waals surface area contributed by atoms with E-state index in [-0.39, 0.29) is 0 Å². The van der Waals surface area contributed by atoms with Crippen molar-refractivity contribution in [3.8, 4) is 0 Å². The minimum Gasteiger partial charge on any atom is -0.368 e. The summed E-state index contributed by atoms with van der Waals surface area (Å²) in [7, 11) is 0. The van der Waals surface area contributed by atoms with Crippen LogP contribution in [0.2, 0.25) is 0 Å². The van der Waals surface area contributed by atoms with Crippen LogP contribution in [0.3, 0.4) is 0 Å². The summed E-state index contributed by atoms with van der Waals surface area (Å²) in [6.45, 7) is 5.47. The molecular formula is C24H32N4OS2. The molecule has 0 radical (unpaired) electrons. The van der Waals surface area contributed by atoms with E-state index in [1.165, 1.54) is 36.3 Å². The quantitative estimate of drug-likeness (QED) is 0.405. The van der Waals surface area contributed by atoms with Crippen molar-refractivity contribution in [2.24, 2.45) is 5.92 Å².